The molecule has 2 aromatic rings. The molecule has 2 N–H and O–H groups in total. The summed E-state index contributed by atoms with van der Waals surface area (Å²) in [7, 11) is 1.98. The molecule has 0 saturated heterocycles. The first-order valence-corrected chi connectivity index (χ1v) is 6.81. The number of nitrogens with two attached hydrogens (primary N) is 1. The fourth-order valence-corrected chi connectivity index (χ4v) is 3.14. The molecule has 0 saturated carbocycles. The minimum Gasteiger partial charge on any atom is -0.323 e. The standard InChI is InChI=1S/C13H19N3S/c1-4-10-5-6-17-13(10)12(14)8-11-7-9(2)15-16(11)3/h5-7,12H,4,8,14H2,1-3H3. The van der Waals surface area contributed by atoms with Crippen LogP contribution in [-0.4, -0.2) is 9.78 Å². The highest BCUT2D eigenvalue weighted by Crippen LogP contribution is 2.26. The molecular weight excluding hydrogens is 230 g/mol. The molecule has 2 heterocycles. The largest absolute Gasteiger partial charge is 0.323 e. The van der Waals surface area contributed by atoms with Crippen LogP contribution in [0.4, 0.5) is 0 Å². The lowest BCUT2D eigenvalue weighted by Crippen LogP contribution is -2.15. The normalized spacial score (nSPS) is 12.9. The Morgan fingerprint density at radius 1 is 1.53 bits per heavy atom. The van der Waals surface area contributed by atoms with Gasteiger partial charge in [0.05, 0.1) is 5.69 Å². The van der Waals surface area contributed by atoms with Crippen molar-refractivity contribution in [2.24, 2.45) is 12.8 Å². The number of hydrogen-bond acceptors (Lipinski definition) is 3. The average molecular weight is 249 g/mol. The minimum absolute atomic E-state index is 0.0831. The predicted octanol–water partition coefficient (Wildman–Crippen LogP) is 2.59. The van der Waals surface area contributed by atoms with E-state index in [9.17, 15) is 0 Å². The van der Waals surface area contributed by atoms with Crippen LogP contribution in [0.15, 0.2) is 17.5 Å². The molecule has 2 rings (SSSR count). The van der Waals surface area contributed by atoms with E-state index in [1.165, 1.54) is 16.1 Å². The third-order valence-electron chi connectivity index (χ3n) is 3.03. The summed E-state index contributed by atoms with van der Waals surface area (Å²) in [6.07, 6.45) is 1.90. The summed E-state index contributed by atoms with van der Waals surface area (Å²) in [5, 5.41) is 6.48. The second kappa shape index (κ2) is 5.02. The molecule has 0 aliphatic carbocycles. The summed E-state index contributed by atoms with van der Waals surface area (Å²) in [5.41, 5.74) is 9.92. The van der Waals surface area contributed by atoms with Crippen molar-refractivity contribution < 1.29 is 0 Å². The van der Waals surface area contributed by atoms with Crippen LogP contribution in [0.2, 0.25) is 0 Å². The third kappa shape index (κ3) is 2.58. The van der Waals surface area contributed by atoms with E-state index >= 15 is 0 Å². The van der Waals surface area contributed by atoms with Gasteiger partial charge in [-0.2, -0.15) is 5.10 Å². The van der Waals surface area contributed by atoms with Crippen LogP contribution >= 0.6 is 11.3 Å². The van der Waals surface area contributed by atoms with Gasteiger partial charge in [0.25, 0.3) is 0 Å². The Hall–Kier alpha value is -1.13. The summed E-state index contributed by atoms with van der Waals surface area (Å²) in [6.45, 7) is 4.18. The quantitative estimate of drug-likeness (QED) is 0.905. The Morgan fingerprint density at radius 2 is 2.29 bits per heavy atom. The van der Waals surface area contributed by atoms with E-state index in [1.807, 2.05) is 18.7 Å². The first kappa shape index (κ1) is 12.3. The SMILES string of the molecule is CCc1ccsc1C(N)Cc1cc(C)nn1C. The number of nitrogens with zero attached hydrogens (tertiary/aromatic N) is 2. The molecule has 0 amide bonds. The molecule has 0 aromatic carbocycles. The highest BCUT2D eigenvalue weighted by atomic mass is 32.1. The highest BCUT2D eigenvalue weighted by Gasteiger charge is 2.14. The molecule has 0 fully saturated rings. The molecule has 2 aromatic heterocycles. The molecule has 17 heavy (non-hydrogen) atoms. The predicted molar refractivity (Wildman–Crippen MR) is 72.3 cm³/mol. The molecule has 0 aliphatic heterocycles. The van der Waals surface area contributed by atoms with E-state index in [2.05, 4.69) is 29.5 Å². The van der Waals surface area contributed by atoms with E-state index in [4.69, 9.17) is 5.73 Å². The molecule has 0 bridgehead atoms. The average Bonchev–Trinajstić information content (AvgIpc) is 2.85. The number of aromatic nitrogens is 2. The zero-order chi connectivity index (χ0) is 12.4. The van der Waals surface area contributed by atoms with E-state index in [-0.39, 0.29) is 6.04 Å². The van der Waals surface area contributed by atoms with Gasteiger partial charge in [-0.15, -0.1) is 11.3 Å². The topological polar surface area (TPSA) is 43.8 Å². The molecule has 0 radical (unpaired) electrons. The van der Waals surface area contributed by atoms with Gasteiger partial charge in [-0.05, 0) is 36.4 Å². The van der Waals surface area contributed by atoms with Crippen molar-refractivity contribution >= 4 is 11.3 Å². The van der Waals surface area contributed by atoms with Gasteiger partial charge in [-0.25, -0.2) is 0 Å². The molecule has 92 valence electrons. The van der Waals surface area contributed by atoms with E-state index in [1.54, 1.807) is 11.3 Å². The second-order valence-electron chi connectivity index (χ2n) is 4.37. The maximum atomic E-state index is 6.30. The highest BCUT2D eigenvalue weighted by molar-refractivity contribution is 7.10. The summed E-state index contributed by atoms with van der Waals surface area (Å²) < 4.78 is 1.93. The lowest BCUT2D eigenvalue weighted by atomic mass is 10.1. The Morgan fingerprint density at radius 3 is 2.88 bits per heavy atom. The van der Waals surface area contributed by atoms with Crippen LogP contribution in [0.5, 0.6) is 0 Å². The Kier molecular flexibility index (Phi) is 3.64. The first-order chi connectivity index (χ1) is 8.11. The van der Waals surface area contributed by atoms with Crippen molar-refractivity contribution in [3.8, 4) is 0 Å². The number of thiophene rings is 1. The Balaban J connectivity index is 2.16. The second-order valence-corrected chi connectivity index (χ2v) is 5.32. The molecule has 0 spiro atoms. The van der Waals surface area contributed by atoms with Crippen LogP contribution in [0.3, 0.4) is 0 Å². The van der Waals surface area contributed by atoms with Gasteiger partial charge >= 0.3 is 0 Å². The van der Waals surface area contributed by atoms with Crippen molar-refractivity contribution in [1.29, 1.82) is 0 Å². The molecule has 4 heteroatoms. The number of aryl methyl sites for hydroxylation is 3. The first-order valence-electron chi connectivity index (χ1n) is 5.93. The van der Waals surface area contributed by atoms with Crippen molar-refractivity contribution in [3.63, 3.8) is 0 Å². The van der Waals surface area contributed by atoms with Crippen molar-refractivity contribution in [3.05, 3.63) is 39.3 Å². The molecule has 1 unspecified atom stereocenters. The molecule has 0 aliphatic rings. The van der Waals surface area contributed by atoms with E-state index in [0.717, 1.165) is 18.5 Å². The van der Waals surface area contributed by atoms with Crippen LogP contribution in [0, 0.1) is 6.92 Å². The summed E-state index contributed by atoms with van der Waals surface area (Å²) >= 11 is 1.76. The lowest BCUT2D eigenvalue weighted by molar-refractivity contribution is 0.643. The molecular formula is C13H19N3S. The maximum absolute atomic E-state index is 6.30. The minimum atomic E-state index is 0.0831. The van der Waals surface area contributed by atoms with Crippen molar-refractivity contribution in [2.45, 2.75) is 32.7 Å². The molecule has 3 nitrogen and oxygen atoms in total. The zero-order valence-electron chi connectivity index (χ0n) is 10.6. The monoisotopic (exact) mass is 249 g/mol. The van der Waals surface area contributed by atoms with Crippen molar-refractivity contribution in [2.75, 3.05) is 0 Å². The van der Waals surface area contributed by atoms with Gasteiger partial charge in [-0.1, -0.05) is 6.92 Å². The van der Waals surface area contributed by atoms with Crippen LogP contribution in [0.1, 0.15) is 34.8 Å². The Labute approximate surface area is 106 Å². The smallest absolute Gasteiger partial charge is 0.0596 e. The number of hydrogen-bond donors (Lipinski definition) is 1. The van der Waals surface area contributed by atoms with Gasteiger partial charge < -0.3 is 5.73 Å². The fraction of sp³-hybridized carbons (Fsp3) is 0.462. The lowest BCUT2D eigenvalue weighted by Gasteiger charge is -2.12. The van der Waals surface area contributed by atoms with Gasteiger partial charge in [-0.3, -0.25) is 4.68 Å². The summed E-state index contributed by atoms with van der Waals surface area (Å²) in [6, 6.07) is 4.37. The van der Waals surface area contributed by atoms with E-state index in [0.29, 0.717) is 0 Å². The van der Waals surface area contributed by atoms with Gasteiger partial charge in [0, 0.05) is 30.1 Å². The summed E-state index contributed by atoms with van der Waals surface area (Å²) in [4.78, 5) is 1.31. The maximum Gasteiger partial charge on any atom is 0.0596 e. The van der Waals surface area contributed by atoms with Crippen LogP contribution < -0.4 is 5.73 Å². The van der Waals surface area contributed by atoms with Crippen LogP contribution in [0.25, 0.3) is 0 Å². The van der Waals surface area contributed by atoms with E-state index < -0.39 is 0 Å². The fourth-order valence-electron chi connectivity index (χ4n) is 2.14. The van der Waals surface area contributed by atoms with Crippen LogP contribution in [-0.2, 0) is 19.9 Å². The van der Waals surface area contributed by atoms with Gasteiger partial charge in [0.15, 0.2) is 0 Å². The van der Waals surface area contributed by atoms with Crippen molar-refractivity contribution in [1.82, 2.24) is 9.78 Å². The van der Waals surface area contributed by atoms with Gasteiger partial charge in [0.1, 0.15) is 0 Å². The zero-order valence-corrected chi connectivity index (χ0v) is 11.4. The number of rotatable bonds is 4. The van der Waals surface area contributed by atoms with Gasteiger partial charge in [0.2, 0.25) is 0 Å². The summed E-state index contributed by atoms with van der Waals surface area (Å²) in [5.74, 6) is 0. The Bertz CT molecular complexity index is 498. The third-order valence-corrected chi connectivity index (χ3v) is 4.12. The molecule has 1 atom stereocenters.